The molecular formula is C22H20N4O3S2. The second-order valence-electron chi connectivity index (χ2n) is 6.74. The van der Waals surface area contributed by atoms with Gasteiger partial charge in [0.2, 0.25) is 5.17 Å². The van der Waals surface area contributed by atoms with Crippen molar-refractivity contribution in [1.82, 2.24) is 4.90 Å². The summed E-state index contributed by atoms with van der Waals surface area (Å²) < 4.78 is 15.7. The molecule has 0 bridgehead atoms. The van der Waals surface area contributed by atoms with Gasteiger partial charge in [-0.3, -0.25) is 10.2 Å². The molecule has 2 aromatic carbocycles. The highest BCUT2D eigenvalue weighted by Crippen LogP contribution is 2.33. The lowest BCUT2D eigenvalue weighted by atomic mass is 10.1. The molecule has 0 aromatic heterocycles. The number of amides is 1. The molecule has 7 nitrogen and oxygen atoms in total. The van der Waals surface area contributed by atoms with E-state index in [-0.39, 0.29) is 11.4 Å². The lowest BCUT2D eigenvalue weighted by Gasteiger charge is -2.23. The maximum absolute atomic E-state index is 12.5. The van der Waals surface area contributed by atoms with Crippen LogP contribution in [0.4, 0.5) is 0 Å². The summed E-state index contributed by atoms with van der Waals surface area (Å²) in [6, 6.07) is 13.4. The summed E-state index contributed by atoms with van der Waals surface area (Å²) in [4.78, 5) is 18.2. The van der Waals surface area contributed by atoms with Crippen molar-refractivity contribution in [1.29, 1.82) is 5.41 Å². The molecular weight excluding hydrogens is 432 g/mol. The summed E-state index contributed by atoms with van der Waals surface area (Å²) in [5.41, 5.74) is 3.16. The molecule has 158 valence electrons. The number of amidine groups is 3. The highest BCUT2D eigenvalue weighted by atomic mass is 32.2. The molecule has 1 amide bonds. The van der Waals surface area contributed by atoms with E-state index in [9.17, 15) is 4.79 Å². The number of ether oxygens (including phenoxy) is 2. The minimum atomic E-state index is -0.458. The first kappa shape index (κ1) is 21.2. The molecule has 2 aliphatic rings. The quantitative estimate of drug-likeness (QED) is 0.530. The number of methoxy groups -OCH3 is 1. The number of fused-ring (bicyclic) bond motifs is 1. The Morgan fingerprint density at radius 1 is 1.23 bits per heavy atom. The van der Waals surface area contributed by atoms with Crippen LogP contribution in [0.3, 0.4) is 0 Å². The van der Waals surface area contributed by atoms with Gasteiger partial charge in [0.15, 0.2) is 16.7 Å². The molecule has 4 rings (SSSR count). The third kappa shape index (κ3) is 4.24. The lowest BCUT2D eigenvalue weighted by Crippen LogP contribution is -2.41. The second kappa shape index (κ2) is 8.99. The number of nitrogens with one attached hydrogen (secondary N) is 1. The first-order valence-corrected chi connectivity index (χ1v) is 11.4. The van der Waals surface area contributed by atoms with Crippen molar-refractivity contribution in [3.05, 3.63) is 64.7 Å². The monoisotopic (exact) mass is 452 g/mol. The number of carbonyl (C=O) groups is 1. The highest BCUT2D eigenvalue weighted by Gasteiger charge is 2.36. The molecule has 31 heavy (non-hydrogen) atoms. The number of rotatable bonds is 5. The third-order valence-electron chi connectivity index (χ3n) is 4.82. The topological polar surface area (TPSA) is 87.3 Å². The van der Waals surface area contributed by atoms with Gasteiger partial charge in [0.25, 0.3) is 5.91 Å². The molecule has 0 radical (unpaired) electrons. The van der Waals surface area contributed by atoms with Crippen molar-refractivity contribution in [3.63, 3.8) is 0 Å². The van der Waals surface area contributed by atoms with Crippen LogP contribution >= 0.6 is 23.7 Å². The Balaban J connectivity index is 1.58. The SMILES string of the molecule is COc1cc(/C=C2/C(=N)N3C(SC)=NSC3=NC2=O)ccc1OCc1ccccc1C. The van der Waals surface area contributed by atoms with Gasteiger partial charge in [0.1, 0.15) is 12.4 Å². The molecule has 2 heterocycles. The molecule has 0 unspecified atom stereocenters. The maximum atomic E-state index is 12.5. The van der Waals surface area contributed by atoms with E-state index in [0.717, 1.165) is 23.1 Å². The van der Waals surface area contributed by atoms with E-state index in [1.165, 1.54) is 11.8 Å². The van der Waals surface area contributed by atoms with Gasteiger partial charge < -0.3 is 9.47 Å². The summed E-state index contributed by atoms with van der Waals surface area (Å²) in [5, 5.41) is 9.54. The van der Waals surface area contributed by atoms with Gasteiger partial charge >= 0.3 is 0 Å². The van der Waals surface area contributed by atoms with Crippen molar-refractivity contribution in [3.8, 4) is 11.5 Å². The fraction of sp³-hybridized carbons (Fsp3) is 0.182. The molecule has 0 fully saturated rings. The van der Waals surface area contributed by atoms with Crippen molar-refractivity contribution in [2.45, 2.75) is 13.5 Å². The Kier molecular flexibility index (Phi) is 6.15. The Morgan fingerprint density at radius 3 is 2.77 bits per heavy atom. The summed E-state index contributed by atoms with van der Waals surface area (Å²) in [5.74, 6) is 0.753. The largest absolute Gasteiger partial charge is 0.493 e. The summed E-state index contributed by atoms with van der Waals surface area (Å²) in [6.45, 7) is 2.47. The van der Waals surface area contributed by atoms with Crippen molar-refractivity contribution in [2.75, 3.05) is 13.4 Å². The number of hydrogen-bond donors (Lipinski definition) is 1. The fourth-order valence-electron chi connectivity index (χ4n) is 3.12. The van der Waals surface area contributed by atoms with E-state index < -0.39 is 5.91 Å². The number of aliphatic imine (C=N–C) groups is 1. The third-order valence-corrected chi connectivity index (χ3v) is 6.28. The molecule has 0 saturated heterocycles. The van der Waals surface area contributed by atoms with Crippen molar-refractivity contribution >= 4 is 51.9 Å². The van der Waals surface area contributed by atoms with E-state index in [1.807, 2.05) is 43.5 Å². The van der Waals surface area contributed by atoms with Gasteiger partial charge in [0, 0.05) is 0 Å². The van der Waals surface area contributed by atoms with Crippen LogP contribution in [0.5, 0.6) is 11.5 Å². The van der Waals surface area contributed by atoms with E-state index >= 15 is 0 Å². The predicted molar refractivity (Wildman–Crippen MR) is 127 cm³/mol. The predicted octanol–water partition coefficient (Wildman–Crippen LogP) is 4.52. The average Bonchev–Trinajstić information content (AvgIpc) is 3.19. The Bertz CT molecular complexity index is 1160. The highest BCUT2D eigenvalue weighted by molar-refractivity contribution is 8.18. The van der Waals surface area contributed by atoms with E-state index in [4.69, 9.17) is 14.9 Å². The van der Waals surface area contributed by atoms with Gasteiger partial charge in [-0.05, 0) is 48.1 Å². The van der Waals surface area contributed by atoms with Crippen LogP contribution in [0.15, 0.2) is 57.4 Å². The molecule has 0 atom stereocenters. The summed E-state index contributed by atoms with van der Waals surface area (Å²) in [7, 11) is 1.57. The van der Waals surface area contributed by atoms with Crippen LogP contribution < -0.4 is 9.47 Å². The number of carbonyl (C=O) groups excluding carboxylic acids is 1. The van der Waals surface area contributed by atoms with Crippen LogP contribution in [-0.4, -0.2) is 40.3 Å². The summed E-state index contributed by atoms with van der Waals surface area (Å²) in [6.07, 6.45) is 3.51. The zero-order valence-corrected chi connectivity index (χ0v) is 18.8. The number of hydrogen-bond acceptors (Lipinski definition) is 7. The van der Waals surface area contributed by atoms with E-state index in [2.05, 4.69) is 9.39 Å². The zero-order chi connectivity index (χ0) is 22.0. The molecule has 0 saturated carbocycles. The van der Waals surface area contributed by atoms with E-state index in [0.29, 0.717) is 34.0 Å². The number of aryl methyl sites for hydroxylation is 1. The number of thioether (sulfide) groups is 1. The minimum Gasteiger partial charge on any atom is -0.493 e. The Hall–Kier alpha value is -3.04. The minimum absolute atomic E-state index is 0.0620. The van der Waals surface area contributed by atoms with Gasteiger partial charge in [0.05, 0.1) is 24.6 Å². The average molecular weight is 453 g/mol. The van der Waals surface area contributed by atoms with Gasteiger partial charge in [-0.15, -0.1) is 0 Å². The molecule has 0 spiro atoms. The smallest absolute Gasteiger partial charge is 0.283 e. The van der Waals surface area contributed by atoms with Crippen molar-refractivity contribution < 1.29 is 14.3 Å². The van der Waals surface area contributed by atoms with Gasteiger partial charge in [-0.25, -0.2) is 4.90 Å². The van der Waals surface area contributed by atoms with Crippen LogP contribution in [0, 0.1) is 12.3 Å². The standard InChI is InChI=1S/C22H20N4O3S2/c1-13-6-4-5-7-15(13)12-29-17-9-8-14(11-18(17)28-2)10-16-19(23)26-21(24-20(16)27)31-25-22(26)30-3/h4-11,23H,12H2,1-3H3/b16-10-,23-19?. The Morgan fingerprint density at radius 2 is 2.03 bits per heavy atom. The van der Waals surface area contributed by atoms with Crippen LogP contribution in [0.25, 0.3) is 6.08 Å². The fourth-order valence-corrected chi connectivity index (χ4v) is 4.57. The maximum Gasteiger partial charge on any atom is 0.283 e. The number of nitrogens with zero attached hydrogens (tertiary/aromatic N) is 3. The van der Waals surface area contributed by atoms with Crippen LogP contribution in [0.1, 0.15) is 16.7 Å². The summed E-state index contributed by atoms with van der Waals surface area (Å²) >= 11 is 2.51. The van der Waals surface area contributed by atoms with Crippen molar-refractivity contribution in [2.24, 2.45) is 9.39 Å². The van der Waals surface area contributed by atoms with Crippen LogP contribution in [-0.2, 0) is 11.4 Å². The van der Waals surface area contributed by atoms with E-state index in [1.54, 1.807) is 30.2 Å². The first-order chi connectivity index (χ1) is 15.0. The zero-order valence-electron chi connectivity index (χ0n) is 17.2. The molecule has 1 N–H and O–H groups in total. The normalized spacial score (nSPS) is 16.9. The number of benzene rings is 2. The molecule has 2 aliphatic heterocycles. The molecule has 0 aliphatic carbocycles. The first-order valence-electron chi connectivity index (χ1n) is 9.40. The lowest BCUT2D eigenvalue weighted by molar-refractivity contribution is -0.114. The van der Waals surface area contributed by atoms with Gasteiger partial charge in [-0.2, -0.15) is 9.39 Å². The van der Waals surface area contributed by atoms with Gasteiger partial charge in [-0.1, -0.05) is 42.1 Å². The molecule has 9 heteroatoms. The van der Waals surface area contributed by atoms with Crippen LogP contribution in [0.2, 0.25) is 0 Å². The second-order valence-corrected chi connectivity index (χ2v) is 8.24. The molecule has 2 aromatic rings. The Labute approximate surface area is 188 Å².